The van der Waals surface area contributed by atoms with Crippen molar-refractivity contribution in [2.75, 3.05) is 5.88 Å². The first-order valence-electron chi connectivity index (χ1n) is 4.62. The Hall–Kier alpha value is -0.970. The first-order valence-corrected chi connectivity index (χ1v) is 6.41. The van der Waals surface area contributed by atoms with Gasteiger partial charge in [-0.1, -0.05) is 11.6 Å². The van der Waals surface area contributed by atoms with Gasteiger partial charge in [0.2, 0.25) is 0 Å². The van der Waals surface area contributed by atoms with Gasteiger partial charge in [0.1, 0.15) is 16.5 Å². The van der Waals surface area contributed by atoms with Crippen LogP contribution < -0.4 is 0 Å². The summed E-state index contributed by atoms with van der Waals surface area (Å²) in [6, 6.07) is 4.20. The van der Waals surface area contributed by atoms with Crippen LogP contribution in [0.3, 0.4) is 0 Å². The molecule has 88 valence electrons. The number of ketones is 1. The quantitative estimate of drug-likeness (QED) is 0.631. The minimum Gasteiger partial charge on any atom is -0.291 e. The van der Waals surface area contributed by atoms with Crippen LogP contribution in [0.5, 0.6) is 0 Å². The van der Waals surface area contributed by atoms with Crippen molar-refractivity contribution in [2.24, 2.45) is 0 Å². The van der Waals surface area contributed by atoms with E-state index in [1.807, 2.05) is 0 Å². The van der Waals surface area contributed by atoms with Crippen molar-refractivity contribution in [1.29, 1.82) is 0 Å². The summed E-state index contributed by atoms with van der Waals surface area (Å²) in [5, 5.41) is 2.39. The van der Waals surface area contributed by atoms with E-state index in [9.17, 15) is 9.18 Å². The molecule has 0 atom stereocenters. The van der Waals surface area contributed by atoms with E-state index >= 15 is 0 Å². The van der Waals surface area contributed by atoms with E-state index in [0.717, 1.165) is 0 Å². The van der Waals surface area contributed by atoms with Crippen LogP contribution in [0, 0.1) is 5.82 Å². The van der Waals surface area contributed by atoms with Crippen molar-refractivity contribution < 1.29 is 9.18 Å². The van der Waals surface area contributed by atoms with Crippen LogP contribution in [0.15, 0.2) is 23.6 Å². The summed E-state index contributed by atoms with van der Waals surface area (Å²) in [4.78, 5) is 15.3. The average molecular weight is 290 g/mol. The van der Waals surface area contributed by atoms with Gasteiger partial charge in [-0.05, 0) is 18.2 Å². The first kappa shape index (κ1) is 12.5. The second-order valence-electron chi connectivity index (χ2n) is 3.22. The maximum atomic E-state index is 13.5. The molecule has 0 radical (unpaired) electrons. The van der Waals surface area contributed by atoms with E-state index in [4.69, 9.17) is 23.2 Å². The second kappa shape index (κ2) is 5.12. The van der Waals surface area contributed by atoms with E-state index in [2.05, 4.69) is 4.98 Å². The Balaban J connectivity index is 2.43. The number of rotatable bonds is 3. The molecule has 1 heterocycles. The topological polar surface area (TPSA) is 30.0 Å². The molecule has 1 aromatic heterocycles. The Morgan fingerprint density at radius 1 is 1.47 bits per heavy atom. The molecule has 0 aliphatic carbocycles. The number of aromatic nitrogens is 1. The number of carbonyl (C=O) groups excluding carboxylic acids is 1. The molecule has 0 spiro atoms. The summed E-state index contributed by atoms with van der Waals surface area (Å²) < 4.78 is 13.5. The van der Waals surface area contributed by atoms with Crippen LogP contribution in [0.1, 0.15) is 10.5 Å². The highest BCUT2D eigenvalue weighted by Gasteiger charge is 2.13. The van der Waals surface area contributed by atoms with Crippen LogP contribution in [-0.2, 0) is 0 Å². The van der Waals surface area contributed by atoms with Crippen LogP contribution in [0.4, 0.5) is 4.39 Å². The van der Waals surface area contributed by atoms with Gasteiger partial charge in [-0.3, -0.25) is 4.79 Å². The van der Waals surface area contributed by atoms with Crippen LogP contribution >= 0.6 is 34.5 Å². The normalized spacial score (nSPS) is 10.5. The lowest BCUT2D eigenvalue weighted by atomic mass is 10.2. The first-order chi connectivity index (χ1) is 8.11. The molecule has 0 N–H and O–H groups in total. The maximum absolute atomic E-state index is 13.5. The molecule has 17 heavy (non-hydrogen) atoms. The van der Waals surface area contributed by atoms with Crippen LogP contribution in [-0.4, -0.2) is 16.6 Å². The summed E-state index contributed by atoms with van der Waals surface area (Å²) >= 11 is 12.4. The molecule has 0 aliphatic rings. The van der Waals surface area contributed by atoms with Gasteiger partial charge in [0.15, 0.2) is 5.78 Å². The van der Waals surface area contributed by atoms with Crippen molar-refractivity contribution in [1.82, 2.24) is 4.98 Å². The smallest absolute Gasteiger partial charge is 0.196 e. The van der Waals surface area contributed by atoms with Gasteiger partial charge >= 0.3 is 0 Å². The van der Waals surface area contributed by atoms with Gasteiger partial charge in [-0.15, -0.1) is 22.9 Å². The van der Waals surface area contributed by atoms with E-state index in [1.165, 1.54) is 29.5 Å². The molecule has 1 aromatic carbocycles. The number of Topliss-reactive ketones (excluding diaryl/α,β-unsaturated/α-hetero) is 1. The number of nitrogens with zero attached hydrogens (tertiary/aromatic N) is 1. The molecule has 6 heteroatoms. The van der Waals surface area contributed by atoms with Gasteiger partial charge in [0.25, 0.3) is 0 Å². The van der Waals surface area contributed by atoms with E-state index in [1.54, 1.807) is 5.38 Å². The molecular weight excluding hydrogens is 284 g/mol. The highest BCUT2D eigenvalue weighted by Crippen LogP contribution is 2.28. The molecular formula is C11H6Cl2FNOS. The fourth-order valence-corrected chi connectivity index (χ4v) is 2.41. The standard InChI is InChI=1S/C11H6Cl2FNOS/c12-4-10(16)9-5-17-11(15-9)7-3-6(13)1-2-8(7)14/h1-3,5H,4H2. The lowest BCUT2D eigenvalue weighted by Gasteiger charge is -1.99. The van der Waals surface area contributed by atoms with Gasteiger partial charge in [0, 0.05) is 16.0 Å². The van der Waals surface area contributed by atoms with Gasteiger partial charge in [-0.25, -0.2) is 9.37 Å². The average Bonchev–Trinajstić information content (AvgIpc) is 2.80. The molecule has 0 saturated heterocycles. The van der Waals surface area contributed by atoms with Crippen molar-refractivity contribution in [3.63, 3.8) is 0 Å². The Morgan fingerprint density at radius 3 is 2.94 bits per heavy atom. The molecule has 2 rings (SSSR count). The van der Waals surface area contributed by atoms with Crippen molar-refractivity contribution in [3.05, 3.63) is 40.1 Å². The van der Waals surface area contributed by atoms with E-state index in [0.29, 0.717) is 10.0 Å². The number of halogens is 3. The largest absolute Gasteiger partial charge is 0.291 e. The number of hydrogen-bond acceptors (Lipinski definition) is 3. The van der Waals surface area contributed by atoms with Gasteiger partial charge < -0.3 is 0 Å². The lowest BCUT2D eigenvalue weighted by molar-refractivity contribution is 0.101. The number of alkyl halides is 1. The molecule has 0 aliphatic heterocycles. The zero-order valence-corrected chi connectivity index (χ0v) is 10.7. The van der Waals surface area contributed by atoms with Crippen molar-refractivity contribution >= 4 is 40.3 Å². The summed E-state index contributed by atoms with van der Waals surface area (Å²) in [6.45, 7) is 0. The molecule has 2 aromatic rings. The van der Waals surface area contributed by atoms with E-state index in [-0.39, 0.29) is 22.9 Å². The molecule has 0 fully saturated rings. The van der Waals surface area contributed by atoms with Gasteiger partial charge in [-0.2, -0.15) is 0 Å². The summed E-state index contributed by atoms with van der Waals surface area (Å²) in [5.41, 5.74) is 0.537. The Kier molecular flexibility index (Phi) is 3.76. The fraction of sp³-hybridized carbons (Fsp3) is 0.0909. The lowest BCUT2D eigenvalue weighted by Crippen LogP contribution is -2.00. The Bertz CT molecular complexity index is 570. The number of thiazole rings is 1. The number of hydrogen-bond donors (Lipinski definition) is 0. The molecule has 0 saturated carbocycles. The zero-order chi connectivity index (χ0) is 12.4. The third-order valence-electron chi connectivity index (χ3n) is 2.07. The maximum Gasteiger partial charge on any atom is 0.196 e. The van der Waals surface area contributed by atoms with E-state index < -0.39 is 5.82 Å². The Morgan fingerprint density at radius 2 is 2.24 bits per heavy atom. The highest BCUT2D eigenvalue weighted by atomic mass is 35.5. The second-order valence-corrected chi connectivity index (χ2v) is 4.78. The zero-order valence-electron chi connectivity index (χ0n) is 8.41. The highest BCUT2D eigenvalue weighted by molar-refractivity contribution is 7.13. The summed E-state index contributed by atoms with van der Waals surface area (Å²) in [7, 11) is 0. The number of benzene rings is 1. The predicted octanol–water partition coefficient (Wildman–Crippen LogP) is 4.02. The van der Waals surface area contributed by atoms with Crippen molar-refractivity contribution in [3.8, 4) is 10.6 Å². The van der Waals surface area contributed by atoms with Crippen molar-refractivity contribution in [2.45, 2.75) is 0 Å². The number of carbonyl (C=O) groups is 1. The minimum absolute atomic E-state index is 0.138. The Labute approximate surface area is 111 Å². The monoisotopic (exact) mass is 289 g/mol. The summed E-state index contributed by atoms with van der Waals surface area (Å²) in [5.74, 6) is -0.841. The summed E-state index contributed by atoms with van der Waals surface area (Å²) in [6.07, 6.45) is 0. The molecule has 0 bridgehead atoms. The predicted molar refractivity (Wildman–Crippen MR) is 67.6 cm³/mol. The third-order valence-corrected chi connectivity index (χ3v) is 3.42. The minimum atomic E-state index is -0.423. The van der Waals surface area contributed by atoms with Gasteiger partial charge in [0.05, 0.1) is 5.88 Å². The fourth-order valence-electron chi connectivity index (χ4n) is 1.26. The van der Waals surface area contributed by atoms with Crippen LogP contribution in [0.2, 0.25) is 5.02 Å². The molecule has 0 unspecified atom stereocenters. The van der Waals surface area contributed by atoms with Crippen LogP contribution in [0.25, 0.3) is 10.6 Å². The molecule has 2 nitrogen and oxygen atoms in total. The third kappa shape index (κ3) is 2.65. The molecule has 0 amide bonds. The SMILES string of the molecule is O=C(CCl)c1csc(-c2cc(Cl)ccc2F)n1.